The minimum absolute atomic E-state index is 0.00832. The Bertz CT molecular complexity index is 1020. The number of nitrogens with zero attached hydrogens (tertiary/aromatic N) is 2. The van der Waals surface area contributed by atoms with Crippen LogP contribution in [0, 0.1) is 0 Å². The number of amides is 1. The molecule has 0 spiro atoms. The highest BCUT2D eigenvalue weighted by atomic mass is 32.2. The molecule has 0 saturated carbocycles. The number of sulfonamides is 1. The summed E-state index contributed by atoms with van der Waals surface area (Å²) in [4.78, 5) is 16.1. The number of rotatable bonds is 9. The molecule has 0 aliphatic carbocycles. The van der Waals surface area contributed by atoms with Crippen molar-refractivity contribution >= 4 is 27.3 Å². The van der Waals surface area contributed by atoms with Gasteiger partial charge in [0, 0.05) is 38.3 Å². The number of nitrogens with one attached hydrogen (secondary N) is 2. The van der Waals surface area contributed by atoms with Gasteiger partial charge in [0.15, 0.2) is 0 Å². The topological polar surface area (TPSA) is 128 Å². The molecule has 32 heavy (non-hydrogen) atoms. The van der Waals surface area contributed by atoms with E-state index in [4.69, 9.17) is 5.84 Å². The fourth-order valence-electron chi connectivity index (χ4n) is 3.84. The van der Waals surface area contributed by atoms with Crippen LogP contribution in [0.3, 0.4) is 0 Å². The summed E-state index contributed by atoms with van der Waals surface area (Å²) in [6, 6.07) is 12.8. The fourth-order valence-corrected chi connectivity index (χ4v) is 4.49. The van der Waals surface area contributed by atoms with E-state index in [2.05, 4.69) is 19.9 Å². The Balaban J connectivity index is 1.92. The molecule has 174 valence electrons. The molecule has 1 heterocycles. The van der Waals surface area contributed by atoms with Crippen LogP contribution in [0.4, 0.5) is 11.4 Å². The lowest BCUT2D eigenvalue weighted by molar-refractivity contribution is 0.0953. The zero-order valence-electron chi connectivity index (χ0n) is 18.3. The molecule has 1 aliphatic heterocycles. The number of hydrazine groups is 1. The molecule has 5 N–H and O–H groups in total. The summed E-state index contributed by atoms with van der Waals surface area (Å²) in [6.07, 6.45) is 0.582. The van der Waals surface area contributed by atoms with Crippen molar-refractivity contribution in [3.05, 3.63) is 59.2 Å². The number of β-amino-alcohol motifs (C(OH)–C–C–N with tert-alkyl or cyclic N) is 1. The summed E-state index contributed by atoms with van der Waals surface area (Å²) >= 11 is 0. The Morgan fingerprint density at radius 2 is 1.78 bits per heavy atom. The molecule has 0 radical (unpaired) electrons. The molecule has 0 aromatic heterocycles. The van der Waals surface area contributed by atoms with E-state index in [-0.39, 0.29) is 18.3 Å². The molecular weight excluding hydrogens is 430 g/mol. The molecule has 1 saturated heterocycles. The number of hydrogen-bond acceptors (Lipinski definition) is 7. The maximum Gasteiger partial charge on any atom is 0.265 e. The number of carbonyl (C=O) groups is 1. The minimum Gasteiger partial charge on any atom is -0.395 e. The lowest BCUT2D eigenvalue weighted by Gasteiger charge is -2.37. The second kappa shape index (κ2) is 10.8. The van der Waals surface area contributed by atoms with Crippen molar-refractivity contribution in [1.29, 1.82) is 0 Å². The second-order valence-corrected chi connectivity index (χ2v) is 9.73. The summed E-state index contributed by atoms with van der Waals surface area (Å²) in [7, 11) is -3.44. The van der Waals surface area contributed by atoms with Gasteiger partial charge in [-0.15, -0.1) is 0 Å². The Morgan fingerprint density at radius 3 is 2.38 bits per heavy atom. The number of nitrogen functional groups attached to an aromatic ring is 1. The second-order valence-electron chi connectivity index (χ2n) is 7.72. The standard InChI is InChI=1S/C22H31N5O4S/c1-2-32(30,31)25-20-5-3-4-19(16-17-6-8-18(9-7-17)22(29)24-23)21(20)27-12-10-26(11-13-27)14-15-28/h3-9,25,28H,2,10-16,23H2,1H3,(H,24,29). The normalized spacial score (nSPS) is 14.9. The van der Waals surface area contributed by atoms with Crippen LogP contribution in [0.15, 0.2) is 42.5 Å². The fraction of sp³-hybridized carbons (Fsp3) is 0.409. The van der Waals surface area contributed by atoms with E-state index >= 15 is 0 Å². The third-order valence-electron chi connectivity index (χ3n) is 5.61. The predicted octanol–water partition coefficient (Wildman–Crippen LogP) is 0.757. The van der Waals surface area contributed by atoms with E-state index in [1.807, 2.05) is 24.3 Å². The average Bonchev–Trinajstić information content (AvgIpc) is 2.80. The van der Waals surface area contributed by atoms with Crippen molar-refractivity contribution in [3.8, 4) is 0 Å². The van der Waals surface area contributed by atoms with Crippen molar-refractivity contribution in [1.82, 2.24) is 10.3 Å². The number of carbonyl (C=O) groups excluding carboxylic acids is 1. The van der Waals surface area contributed by atoms with Gasteiger partial charge in [0.05, 0.1) is 23.7 Å². The average molecular weight is 462 g/mol. The van der Waals surface area contributed by atoms with Gasteiger partial charge in [-0.3, -0.25) is 19.8 Å². The summed E-state index contributed by atoms with van der Waals surface area (Å²) in [5.74, 6) is 4.84. The maximum atomic E-state index is 12.3. The summed E-state index contributed by atoms with van der Waals surface area (Å²) < 4.78 is 27.4. The van der Waals surface area contributed by atoms with E-state index in [1.165, 1.54) is 0 Å². The van der Waals surface area contributed by atoms with Crippen molar-refractivity contribution < 1.29 is 18.3 Å². The predicted molar refractivity (Wildman–Crippen MR) is 126 cm³/mol. The lowest BCUT2D eigenvalue weighted by atomic mass is 10.00. The molecule has 9 nitrogen and oxygen atoms in total. The number of piperazine rings is 1. The summed E-state index contributed by atoms with van der Waals surface area (Å²) in [5, 5.41) is 9.21. The molecule has 2 aromatic rings. The molecule has 0 bridgehead atoms. The largest absolute Gasteiger partial charge is 0.395 e. The third-order valence-corrected chi connectivity index (χ3v) is 6.90. The zero-order chi connectivity index (χ0) is 23.1. The Labute approximate surface area is 189 Å². The Morgan fingerprint density at radius 1 is 1.09 bits per heavy atom. The maximum absolute atomic E-state index is 12.3. The van der Waals surface area contributed by atoms with Crippen LogP contribution in [0.1, 0.15) is 28.4 Å². The van der Waals surface area contributed by atoms with Gasteiger partial charge in [-0.05, 0) is 42.7 Å². The van der Waals surface area contributed by atoms with Crippen LogP contribution >= 0.6 is 0 Å². The molecule has 0 atom stereocenters. The van der Waals surface area contributed by atoms with Gasteiger partial charge in [-0.25, -0.2) is 14.3 Å². The van der Waals surface area contributed by atoms with E-state index in [1.54, 1.807) is 25.1 Å². The first-order chi connectivity index (χ1) is 15.4. The number of aliphatic hydroxyl groups excluding tert-OH is 1. The van der Waals surface area contributed by atoms with Gasteiger partial charge in [0.25, 0.3) is 5.91 Å². The highest BCUT2D eigenvalue weighted by molar-refractivity contribution is 7.92. The van der Waals surface area contributed by atoms with Crippen molar-refractivity contribution in [2.75, 3.05) is 54.7 Å². The minimum atomic E-state index is -3.44. The van der Waals surface area contributed by atoms with E-state index in [9.17, 15) is 18.3 Å². The van der Waals surface area contributed by atoms with Crippen molar-refractivity contribution in [2.24, 2.45) is 5.84 Å². The number of anilines is 2. The van der Waals surface area contributed by atoms with Gasteiger partial charge in [0.2, 0.25) is 10.0 Å². The Hall–Kier alpha value is -2.66. The lowest BCUT2D eigenvalue weighted by Crippen LogP contribution is -2.47. The third kappa shape index (κ3) is 5.98. The summed E-state index contributed by atoms with van der Waals surface area (Å²) in [6.45, 7) is 5.40. The first kappa shape index (κ1) is 24.0. The summed E-state index contributed by atoms with van der Waals surface area (Å²) in [5.41, 5.74) is 6.02. The number of aliphatic hydroxyl groups is 1. The van der Waals surface area contributed by atoms with Crippen LogP contribution in [0.2, 0.25) is 0 Å². The molecule has 3 rings (SSSR count). The quantitative estimate of drug-likeness (QED) is 0.247. The van der Waals surface area contributed by atoms with Gasteiger partial charge in [0.1, 0.15) is 0 Å². The number of nitrogens with two attached hydrogens (primary N) is 1. The van der Waals surface area contributed by atoms with Crippen LogP contribution in [-0.2, 0) is 16.4 Å². The first-order valence-electron chi connectivity index (χ1n) is 10.7. The highest BCUT2D eigenvalue weighted by Crippen LogP contribution is 2.33. The zero-order valence-corrected chi connectivity index (χ0v) is 19.1. The number of para-hydroxylation sites is 1. The molecular formula is C22H31N5O4S. The van der Waals surface area contributed by atoms with Crippen LogP contribution in [0.25, 0.3) is 0 Å². The van der Waals surface area contributed by atoms with Crippen LogP contribution < -0.4 is 20.9 Å². The number of hydrogen-bond donors (Lipinski definition) is 4. The van der Waals surface area contributed by atoms with E-state index in [0.717, 1.165) is 43.0 Å². The van der Waals surface area contributed by atoms with Gasteiger partial charge in [-0.1, -0.05) is 24.3 Å². The molecule has 1 aliphatic rings. The molecule has 1 fully saturated rings. The van der Waals surface area contributed by atoms with Crippen LogP contribution in [0.5, 0.6) is 0 Å². The van der Waals surface area contributed by atoms with E-state index in [0.29, 0.717) is 24.2 Å². The first-order valence-corrected chi connectivity index (χ1v) is 12.3. The van der Waals surface area contributed by atoms with Gasteiger partial charge < -0.3 is 10.0 Å². The van der Waals surface area contributed by atoms with Crippen LogP contribution in [-0.4, -0.2) is 69.4 Å². The molecule has 10 heteroatoms. The van der Waals surface area contributed by atoms with Gasteiger partial charge in [-0.2, -0.15) is 0 Å². The SMILES string of the molecule is CCS(=O)(=O)Nc1cccc(Cc2ccc(C(=O)NN)cc2)c1N1CCN(CCO)CC1. The monoisotopic (exact) mass is 461 g/mol. The Kier molecular flexibility index (Phi) is 8.08. The molecule has 0 unspecified atom stereocenters. The molecule has 2 aromatic carbocycles. The van der Waals surface area contributed by atoms with Crippen molar-refractivity contribution in [3.63, 3.8) is 0 Å². The highest BCUT2D eigenvalue weighted by Gasteiger charge is 2.23. The molecule has 1 amide bonds. The van der Waals surface area contributed by atoms with Gasteiger partial charge >= 0.3 is 0 Å². The van der Waals surface area contributed by atoms with E-state index < -0.39 is 10.0 Å². The smallest absolute Gasteiger partial charge is 0.265 e. The number of benzene rings is 2. The van der Waals surface area contributed by atoms with Crippen molar-refractivity contribution in [2.45, 2.75) is 13.3 Å².